The van der Waals surface area contributed by atoms with Crippen molar-refractivity contribution in [2.45, 2.75) is 31.7 Å². The van der Waals surface area contributed by atoms with Crippen molar-refractivity contribution in [2.24, 2.45) is 17.4 Å². The van der Waals surface area contributed by atoms with Crippen LogP contribution >= 0.6 is 0 Å². The van der Waals surface area contributed by atoms with Crippen molar-refractivity contribution in [1.29, 1.82) is 0 Å². The number of aliphatic hydroxyl groups excluding tert-OH is 1. The minimum Gasteiger partial charge on any atom is -0.398 e. The van der Waals surface area contributed by atoms with E-state index in [4.69, 9.17) is 20.3 Å². The topological polar surface area (TPSA) is 90.7 Å². The van der Waals surface area contributed by atoms with Gasteiger partial charge in [-0.15, -0.1) is 0 Å². The lowest BCUT2D eigenvalue weighted by Gasteiger charge is -2.29. The molecule has 0 bridgehead atoms. The van der Waals surface area contributed by atoms with Crippen molar-refractivity contribution >= 4 is 8.56 Å². The van der Waals surface area contributed by atoms with Crippen molar-refractivity contribution in [3.8, 4) is 0 Å². The van der Waals surface area contributed by atoms with E-state index in [0.29, 0.717) is 12.6 Å². The molecule has 0 aliphatic carbocycles. The van der Waals surface area contributed by atoms with E-state index in [2.05, 4.69) is 0 Å². The van der Waals surface area contributed by atoms with Gasteiger partial charge in [0.15, 0.2) is 0 Å². The van der Waals surface area contributed by atoms with Crippen LogP contribution in [-0.2, 0) is 8.85 Å². The summed E-state index contributed by atoms with van der Waals surface area (Å²) in [7, 11) is 1.12. The average molecular weight is 236 g/mol. The molecule has 0 aliphatic heterocycles. The summed E-state index contributed by atoms with van der Waals surface area (Å²) in [6.45, 7) is 2.58. The van der Waals surface area contributed by atoms with E-state index < -0.39 is 14.8 Å². The first-order valence-electron chi connectivity index (χ1n) is 5.23. The number of hydrogen-bond donors (Lipinski definition) is 3. The molecule has 15 heavy (non-hydrogen) atoms. The van der Waals surface area contributed by atoms with Crippen LogP contribution in [0.4, 0.5) is 0 Å². The molecule has 2 unspecified atom stereocenters. The van der Waals surface area contributed by atoms with Crippen molar-refractivity contribution < 1.29 is 14.0 Å². The predicted octanol–water partition coefficient (Wildman–Crippen LogP) is -0.0166. The van der Waals surface area contributed by atoms with Crippen LogP contribution in [0, 0.1) is 5.92 Å². The van der Waals surface area contributed by atoms with Gasteiger partial charge in [-0.05, 0) is 32.0 Å². The fourth-order valence-corrected chi connectivity index (χ4v) is 3.40. The molecular weight excluding hydrogens is 212 g/mol. The Morgan fingerprint density at radius 1 is 1.33 bits per heavy atom. The highest BCUT2D eigenvalue weighted by Gasteiger charge is 2.34. The van der Waals surface area contributed by atoms with Crippen LogP contribution in [0.1, 0.15) is 12.8 Å². The van der Waals surface area contributed by atoms with Crippen LogP contribution in [0.2, 0.25) is 12.6 Å². The van der Waals surface area contributed by atoms with Gasteiger partial charge in [-0.2, -0.15) is 0 Å². The first-order valence-corrected chi connectivity index (χ1v) is 7.75. The van der Waals surface area contributed by atoms with E-state index in [9.17, 15) is 5.11 Å². The zero-order chi connectivity index (χ0) is 11.9. The van der Waals surface area contributed by atoms with E-state index in [1.807, 2.05) is 6.55 Å². The fraction of sp³-hybridized carbons (Fsp3) is 1.00. The van der Waals surface area contributed by atoms with Crippen molar-refractivity contribution in [3.63, 3.8) is 0 Å². The molecule has 2 atom stereocenters. The Morgan fingerprint density at radius 2 is 1.87 bits per heavy atom. The first kappa shape index (κ1) is 15.0. The molecule has 0 saturated heterocycles. The molecule has 0 saturated carbocycles. The van der Waals surface area contributed by atoms with Crippen LogP contribution in [0.5, 0.6) is 0 Å². The minimum atomic E-state index is -2.15. The van der Waals surface area contributed by atoms with E-state index in [-0.39, 0.29) is 5.92 Å². The second kappa shape index (κ2) is 7.32. The fourth-order valence-electron chi connectivity index (χ4n) is 1.50. The second-order valence-corrected chi connectivity index (χ2v) is 7.42. The maximum Gasteiger partial charge on any atom is 0.334 e. The molecule has 0 amide bonds. The SMILES string of the molecule is CO[Si](C)(CC(CCCN)C(N)O)OC. The normalized spacial score (nSPS) is 16.4. The summed E-state index contributed by atoms with van der Waals surface area (Å²) in [6, 6.07) is 0.692. The van der Waals surface area contributed by atoms with Gasteiger partial charge in [0, 0.05) is 20.1 Å². The van der Waals surface area contributed by atoms with E-state index in [1.165, 1.54) is 0 Å². The number of rotatable bonds is 8. The third-order valence-corrected chi connectivity index (χ3v) is 5.75. The quantitative estimate of drug-likeness (QED) is 0.407. The van der Waals surface area contributed by atoms with Crippen LogP contribution in [-0.4, -0.2) is 40.7 Å². The standard InChI is InChI=1S/C9H24N2O3Si/c1-13-15(3,14-2)7-8(9(11)12)5-4-6-10/h8-9,12H,4-7,10-11H2,1-3H3. The third-order valence-electron chi connectivity index (χ3n) is 2.76. The van der Waals surface area contributed by atoms with Gasteiger partial charge in [0.2, 0.25) is 0 Å². The maximum atomic E-state index is 9.44. The molecule has 0 aromatic carbocycles. The van der Waals surface area contributed by atoms with Gasteiger partial charge < -0.3 is 25.4 Å². The Kier molecular flexibility index (Phi) is 7.32. The molecule has 92 valence electrons. The third kappa shape index (κ3) is 5.60. The van der Waals surface area contributed by atoms with Crippen LogP contribution < -0.4 is 11.5 Å². The molecule has 0 radical (unpaired) electrons. The van der Waals surface area contributed by atoms with E-state index in [1.54, 1.807) is 14.2 Å². The molecule has 0 aromatic rings. The zero-order valence-electron chi connectivity index (χ0n) is 9.90. The Hall–Kier alpha value is 0.0169. The van der Waals surface area contributed by atoms with Gasteiger partial charge in [0.25, 0.3) is 0 Å². The highest BCUT2D eigenvalue weighted by molar-refractivity contribution is 6.66. The van der Waals surface area contributed by atoms with Crippen molar-refractivity contribution in [1.82, 2.24) is 0 Å². The number of hydrogen-bond acceptors (Lipinski definition) is 5. The van der Waals surface area contributed by atoms with Gasteiger partial charge in [-0.1, -0.05) is 0 Å². The summed E-state index contributed by atoms with van der Waals surface area (Å²) < 4.78 is 10.7. The van der Waals surface area contributed by atoms with Gasteiger partial charge in [0.05, 0.1) is 0 Å². The van der Waals surface area contributed by atoms with Crippen LogP contribution in [0.3, 0.4) is 0 Å². The molecular formula is C9H24N2O3Si. The summed E-state index contributed by atoms with van der Waals surface area (Å²) >= 11 is 0. The van der Waals surface area contributed by atoms with Crippen molar-refractivity contribution in [2.75, 3.05) is 20.8 Å². The summed E-state index contributed by atoms with van der Waals surface area (Å²) in [5.41, 5.74) is 11.0. The van der Waals surface area contributed by atoms with Gasteiger partial charge >= 0.3 is 8.56 Å². The lowest BCUT2D eigenvalue weighted by atomic mass is 10.0. The Balaban J connectivity index is 4.25. The largest absolute Gasteiger partial charge is 0.398 e. The zero-order valence-corrected chi connectivity index (χ0v) is 10.9. The van der Waals surface area contributed by atoms with E-state index in [0.717, 1.165) is 12.8 Å². The Labute approximate surface area is 93.0 Å². The Morgan fingerprint density at radius 3 is 2.20 bits per heavy atom. The molecule has 0 aromatic heterocycles. The molecule has 0 aliphatic rings. The number of nitrogens with two attached hydrogens (primary N) is 2. The lowest BCUT2D eigenvalue weighted by molar-refractivity contribution is 0.108. The molecule has 0 fully saturated rings. The van der Waals surface area contributed by atoms with Gasteiger partial charge in [0.1, 0.15) is 6.23 Å². The number of aliphatic hydroxyl groups is 1. The highest BCUT2D eigenvalue weighted by Crippen LogP contribution is 2.23. The average Bonchev–Trinajstić information content (AvgIpc) is 2.23. The molecule has 0 rings (SSSR count). The minimum absolute atomic E-state index is 0.00474. The Bertz CT molecular complexity index is 165. The summed E-state index contributed by atoms with van der Waals surface area (Å²) in [6.07, 6.45) is 0.842. The molecule has 0 spiro atoms. The molecule has 6 heteroatoms. The monoisotopic (exact) mass is 236 g/mol. The smallest absolute Gasteiger partial charge is 0.334 e. The summed E-state index contributed by atoms with van der Waals surface area (Å²) in [5.74, 6) is 0.00474. The molecule has 5 nitrogen and oxygen atoms in total. The second-order valence-electron chi connectivity index (χ2n) is 3.93. The molecule has 5 N–H and O–H groups in total. The molecule has 0 heterocycles. The summed E-state index contributed by atoms with van der Waals surface area (Å²) in [5, 5.41) is 9.44. The van der Waals surface area contributed by atoms with E-state index >= 15 is 0 Å². The van der Waals surface area contributed by atoms with Crippen LogP contribution in [0.15, 0.2) is 0 Å². The highest BCUT2D eigenvalue weighted by atomic mass is 28.4. The maximum absolute atomic E-state index is 9.44. The summed E-state index contributed by atoms with van der Waals surface area (Å²) in [4.78, 5) is 0. The first-order chi connectivity index (χ1) is 6.99. The lowest BCUT2D eigenvalue weighted by Crippen LogP contribution is -2.42. The van der Waals surface area contributed by atoms with Gasteiger partial charge in [-0.25, -0.2) is 0 Å². The predicted molar refractivity (Wildman–Crippen MR) is 62.4 cm³/mol. The van der Waals surface area contributed by atoms with Gasteiger partial charge in [-0.3, -0.25) is 0 Å². The van der Waals surface area contributed by atoms with Crippen molar-refractivity contribution in [3.05, 3.63) is 0 Å². The van der Waals surface area contributed by atoms with Crippen LogP contribution in [0.25, 0.3) is 0 Å².